The molecule has 28 heavy (non-hydrogen) atoms. The quantitative estimate of drug-likeness (QED) is 0.755. The fraction of sp³-hybridized carbons (Fsp3) is 0.476. The van der Waals surface area contributed by atoms with Gasteiger partial charge in [0.1, 0.15) is 23.7 Å². The lowest BCUT2D eigenvalue weighted by atomic mass is 9.78. The van der Waals surface area contributed by atoms with E-state index in [1.807, 2.05) is 0 Å². The van der Waals surface area contributed by atoms with Gasteiger partial charge in [-0.2, -0.15) is 5.10 Å². The number of aromatic nitrogens is 3. The van der Waals surface area contributed by atoms with Crippen LogP contribution in [0.3, 0.4) is 0 Å². The fourth-order valence-corrected chi connectivity index (χ4v) is 4.37. The number of carbonyl (C=O) groups excluding carboxylic acids is 1. The lowest BCUT2D eigenvalue weighted by Crippen LogP contribution is -2.46. The number of hydrogen-bond donors (Lipinski definition) is 1. The Bertz CT molecular complexity index is 1120. The Hall–Kier alpha value is -2.70. The van der Waals surface area contributed by atoms with Crippen LogP contribution in [0.4, 0.5) is 4.39 Å². The van der Waals surface area contributed by atoms with Crippen LogP contribution in [0.5, 0.6) is 0 Å². The van der Waals surface area contributed by atoms with Gasteiger partial charge in [0.25, 0.3) is 5.56 Å². The van der Waals surface area contributed by atoms with Gasteiger partial charge in [-0.25, -0.2) is 9.07 Å². The summed E-state index contributed by atoms with van der Waals surface area (Å²) in [5.41, 5.74) is 0.753. The number of nitrogens with zero attached hydrogens (tertiary/aromatic N) is 3. The maximum atomic E-state index is 13.5. The monoisotopic (exact) mass is 384 g/mol. The third-order valence-electron chi connectivity index (χ3n) is 6.15. The van der Waals surface area contributed by atoms with Crippen molar-refractivity contribution in [2.24, 2.45) is 11.8 Å². The molecule has 148 valence electrons. The molecule has 3 aromatic rings. The number of amides is 1. The van der Waals surface area contributed by atoms with Gasteiger partial charge in [0, 0.05) is 11.4 Å². The Labute approximate surface area is 162 Å². The molecular weight excluding hydrogens is 359 g/mol. The predicted molar refractivity (Wildman–Crippen MR) is 106 cm³/mol. The first-order valence-corrected chi connectivity index (χ1v) is 9.83. The number of nitrogens with one attached hydrogen (secondary N) is 1. The van der Waals surface area contributed by atoms with Gasteiger partial charge >= 0.3 is 0 Å². The van der Waals surface area contributed by atoms with E-state index in [2.05, 4.69) is 24.3 Å². The average Bonchev–Trinajstić information content (AvgIpc) is 3.02. The predicted octanol–water partition coefficient (Wildman–Crippen LogP) is 3.04. The van der Waals surface area contributed by atoms with E-state index in [0.29, 0.717) is 28.6 Å². The molecule has 6 nitrogen and oxygen atoms in total. The van der Waals surface area contributed by atoms with Gasteiger partial charge in [0.05, 0.1) is 5.52 Å². The summed E-state index contributed by atoms with van der Waals surface area (Å²) < 4.78 is 16.4. The summed E-state index contributed by atoms with van der Waals surface area (Å²) in [5, 5.41) is 8.04. The van der Waals surface area contributed by atoms with E-state index in [1.165, 1.54) is 23.2 Å². The van der Waals surface area contributed by atoms with Gasteiger partial charge in [-0.1, -0.05) is 26.7 Å². The first-order chi connectivity index (χ1) is 13.3. The van der Waals surface area contributed by atoms with E-state index in [0.717, 1.165) is 18.4 Å². The first-order valence-electron chi connectivity index (χ1n) is 9.83. The lowest BCUT2D eigenvalue weighted by molar-refractivity contribution is -0.123. The molecule has 4 rings (SSSR count). The highest BCUT2D eigenvalue weighted by atomic mass is 19.1. The number of hydrogen-bond acceptors (Lipinski definition) is 3. The number of carbonyl (C=O) groups is 1. The molecule has 1 saturated carbocycles. The first kappa shape index (κ1) is 18.7. The summed E-state index contributed by atoms with van der Waals surface area (Å²) in [7, 11) is 0. The molecule has 1 fully saturated rings. The molecule has 1 N–H and O–H groups in total. The Kier molecular flexibility index (Phi) is 4.69. The molecule has 1 aliphatic carbocycles. The average molecular weight is 384 g/mol. The third kappa shape index (κ3) is 3.19. The molecule has 3 unspecified atom stereocenters. The van der Waals surface area contributed by atoms with Crippen LogP contribution in [0, 0.1) is 24.6 Å². The van der Waals surface area contributed by atoms with Gasteiger partial charge in [-0.05, 0) is 49.4 Å². The van der Waals surface area contributed by atoms with Crippen molar-refractivity contribution in [3.63, 3.8) is 0 Å². The van der Waals surface area contributed by atoms with E-state index in [1.54, 1.807) is 23.5 Å². The van der Waals surface area contributed by atoms with Crippen LogP contribution in [0.25, 0.3) is 16.4 Å². The van der Waals surface area contributed by atoms with E-state index in [-0.39, 0.29) is 29.9 Å². The second-order valence-electron chi connectivity index (χ2n) is 8.02. The van der Waals surface area contributed by atoms with Crippen LogP contribution >= 0.6 is 0 Å². The van der Waals surface area contributed by atoms with Crippen molar-refractivity contribution in [2.75, 3.05) is 0 Å². The highest BCUT2D eigenvalue weighted by Crippen LogP contribution is 2.29. The second-order valence-corrected chi connectivity index (χ2v) is 8.02. The zero-order chi connectivity index (χ0) is 20.0. The summed E-state index contributed by atoms with van der Waals surface area (Å²) in [6.07, 6.45) is 3.26. The number of aryl methyl sites for hydroxylation is 1. The summed E-state index contributed by atoms with van der Waals surface area (Å²) in [6, 6.07) is 6.17. The van der Waals surface area contributed by atoms with Gasteiger partial charge in [-0.15, -0.1) is 0 Å². The van der Waals surface area contributed by atoms with Crippen LogP contribution in [-0.2, 0) is 11.3 Å². The Morgan fingerprint density at radius 3 is 2.82 bits per heavy atom. The van der Waals surface area contributed by atoms with E-state index < -0.39 is 0 Å². The van der Waals surface area contributed by atoms with E-state index in [4.69, 9.17) is 0 Å². The largest absolute Gasteiger partial charge is 0.351 e. The second kappa shape index (κ2) is 7.04. The van der Waals surface area contributed by atoms with Gasteiger partial charge in [0.15, 0.2) is 0 Å². The Morgan fingerprint density at radius 1 is 1.25 bits per heavy atom. The van der Waals surface area contributed by atoms with Gasteiger partial charge in [0.2, 0.25) is 5.91 Å². The summed E-state index contributed by atoms with van der Waals surface area (Å²) >= 11 is 0. The van der Waals surface area contributed by atoms with Crippen LogP contribution in [0.2, 0.25) is 0 Å². The highest BCUT2D eigenvalue weighted by Gasteiger charge is 2.28. The standard InChI is InChI=1S/C21H25FN4O2/c1-12-5-4-6-17(13(12)2)23-20(27)11-25-21(28)19-10-15-9-16(22)7-8-18(15)26(19)14(3)24-25/h7-10,12-13,17H,4-6,11H2,1-3H3,(H,23,27). The zero-order valence-electron chi connectivity index (χ0n) is 16.4. The summed E-state index contributed by atoms with van der Waals surface area (Å²) in [5.74, 6) is 1.00. The minimum Gasteiger partial charge on any atom is -0.351 e. The summed E-state index contributed by atoms with van der Waals surface area (Å²) in [4.78, 5) is 25.5. The molecule has 0 bridgehead atoms. The van der Waals surface area contributed by atoms with Crippen molar-refractivity contribution in [1.29, 1.82) is 0 Å². The van der Waals surface area contributed by atoms with Gasteiger partial charge in [-0.3, -0.25) is 14.0 Å². The van der Waals surface area contributed by atoms with Crippen molar-refractivity contribution in [2.45, 2.75) is 52.6 Å². The van der Waals surface area contributed by atoms with Crippen molar-refractivity contribution < 1.29 is 9.18 Å². The minimum atomic E-state index is -0.359. The maximum Gasteiger partial charge on any atom is 0.291 e. The van der Waals surface area contributed by atoms with Crippen molar-refractivity contribution >= 4 is 22.3 Å². The van der Waals surface area contributed by atoms with Crippen LogP contribution in [-0.4, -0.2) is 26.1 Å². The fourth-order valence-electron chi connectivity index (χ4n) is 4.37. The molecule has 0 aliphatic heterocycles. The molecule has 1 aliphatic rings. The zero-order valence-corrected chi connectivity index (χ0v) is 16.4. The molecule has 7 heteroatoms. The third-order valence-corrected chi connectivity index (χ3v) is 6.15. The van der Waals surface area contributed by atoms with E-state index in [9.17, 15) is 14.0 Å². The summed E-state index contributed by atoms with van der Waals surface area (Å²) in [6.45, 7) is 6.03. The Morgan fingerprint density at radius 2 is 2.04 bits per heavy atom. The van der Waals surface area contributed by atoms with Crippen molar-refractivity contribution in [3.05, 3.63) is 46.3 Å². The van der Waals surface area contributed by atoms with Crippen LogP contribution in [0.15, 0.2) is 29.1 Å². The number of rotatable bonds is 3. The molecule has 2 heterocycles. The molecule has 0 radical (unpaired) electrons. The van der Waals surface area contributed by atoms with Crippen molar-refractivity contribution in [1.82, 2.24) is 19.5 Å². The Balaban J connectivity index is 1.64. The number of fused-ring (bicyclic) bond motifs is 3. The van der Waals surface area contributed by atoms with E-state index >= 15 is 0 Å². The van der Waals surface area contributed by atoms with Crippen molar-refractivity contribution in [3.8, 4) is 0 Å². The molecule has 0 spiro atoms. The molecule has 1 aromatic carbocycles. The maximum absolute atomic E-state index is 13.5. The highest BCUT2D eigenvalue weighted by molar-refractivity contribution is 5.87. The smallest absolute Gasteiger partial charge is 0.291 e. The normalized spacial score (nSPS) is 22.6. The molecular formula is C21H25FN4O2. The topological polar surface area (TPSA) is 68.4 Å². The number of halogens is 1. The molecule has 0 saturated heterocycles. The SMILES string of the molecule is Cc1nn(CC(=O)NC2CCCC(C)C2C)c(=O)c2cc3cc(F)ccc3n12. The lowest BCUT2D eigenvalue weighted by Gasteiger charge is -2.34. The van der Waals surface area contributed by atoms with Gasteiger partial charge < -0.3 is 5.32 Å². The van der Waals surface area contributed by atoms with Crippen LogP contribution < -0.4 is 10.9 Å². The molecule has 1 amide bonds. The molecule has 2 aromatic heterocycles. The van der Waals surface area contributed by atoms with Crippen LogP contribution in [0.1, 0.15) is 38.9 Å². The molecule has 3 atom stereocenters. The minimum absolute atomic E-state index is 0.121. The number of benzene rings is 1.